The fourth-order valence-electron chi connectivity index (χ4n) is 2.90. The number of nitrogens with zero attached hydrogens (tertiary/aromatic N) is 2. The summed E-state index contributed by atoms with van der Waals surface area (Å²) in [4.78, 5) is 18.5. The number of aromatic hydroxyl groups is 1. The van der Waals surface area contributed by atoms with Crippen LogP contribution < -0.4 is 0 Å². The van der Waals surface area contributed by atoms with Crippen molar-refractivity contribution in [2.24, 2.45) is 0 Å². The fourth-order valence-corrected chi connectivity index (χ4v) is 3.48. The lowest BCUT2D eigenvalue weighted by molar-refractivity contribution is -0.126. The van der Waals surface area contributed by atoms with Crippen molar-refractivity contribution in [2.45, 2.75) is 25.7 Å². The maximum absolute atomic E-state index is 12.2. The van der Waals surface area contributed by atoms with E-state index < -0.39 is 0 Å². The van der Waals surface area contributed by atoms with Crippen molar-refractivity contribution < 1.29 is 9.90 Å². The molecule has 120 valence electrons. The number of piperidine rings is 1. The van der Waals surface area contributed by atoms with Crippen LogP contribution in [0.1, 0.15) is 35.0 Å². The first-order chi connectivity index (χ1) is 11.1. The van der Waals surface area contributed by atoms with E-state index in [4.69, 9.17) is 0 Å². The third kappa shape index (κ3) is 3.99. The zero-order valence-electron chi connectivity index (χ0n) is 13.1. The number of carbonyl (C=O) groups excluding carboxylic acids is 1. The molecular weight excluding hydrogens is 308 g/mol. The number of hydrogen-bond acceptors (Lipinski definition) is 4. The molecule has 0 bridgehead atoms. The molecule has 0 unspecified atom stereocenters. The van der Waals surface area contributed by atoms with E-state index in [0.29, 0.717) is 11.7 Å². The molecule has 2 heterocycles. The van der Waals surface area contributed by atoms with Gasteiger partial charge in [-0.05, 0) is 49.5 Å². The van der Waals surface area contributed by atoms with Crippen molar-refractivity contribution in [3.05, 3.63) is 52.0 Å². The highest BCUT2D eigenvalue weighted by Crippen LogP contribution is 2.29. The molecule has 1 aromatic heterocycles. The minimum Gasteiger partial charge on any atom is -0.508 e. The molecule has 0 saturated carbocycles. The molecule has 1 amide bonds. The van der Waals surface area contributed by atoms with Crippen LogP contribution in [0.4, 0.5) is 0 Å². The standard InChI is InChI=1S/C18H20N2O2S/c1-13-19-16(12-23-13)4-7-18(22)20-10-8-15(9-11-20)14-2-5-17(21)6-3-14/h2-7,12,15,21H,8-11H2,1H3/b7-4+. The summed E-state index contributed by atoms with van der Waals surface area (Å²) in [5, 5.41) is 12.3. The van der Waals surface area contributed by atoms with Gasteiger partial charge in [0.1, 0.15) is 5.75 Å². The minimum atomic E-state index is 0.0554. The molecule has 1 saturated heterocycles. The topological polar surface area (TPSA) is 53.4 Å². The zero-order valence-corrected chi connectivity index (χ0v) is 13.9. The minimum absolute atomic E-state index is 0.0554. The summed E-state index contributed by atoms with van der Waals surface area (Å²) in [6.45, 7) is 3.49. The molecule has 1 aliphatic rings. The largest absolute Gasteiger partial charge is 0.508 e. The summed E-state index contributed by atoms with van der Waals surface area (Å²) in [6.07, 6.45) is 5.33. The second-order valence-corrected chi connectivity index (χ2v) is 6.88. The van der Waals surface area contributed by atoms with Gasteiger partial charge in [-0.15, -0.1) is 11.3 Å². The van der Waals surface area contributed by atoms with Crippen LogP contribution in [0.3, 0.4) is 0 Å². The van der Waals surface area contributed by atoms with Crippen LogP contribution in [0.5, 0.6) is 5.75 Å². The Morgan fingerprint density at radius 2 is 2.00 bits per heavy atom. The number of phenols is 1. The van der Waals surface area contributed by atoms with Crippen LogP contribution in [0.25, 0.3) is 6.08 Å². The zero-order chi connectivity index (χ0) is 16.2. The number of thiazole rings is 1. The Labute approximate surface area is 140 Å². The molecule has 0 spiro atoms. The smallest absolute Gasteiger partial charge is 0.246 e. The lowest BCUT2D eigenvalue weighted by Crippen LogP contribution is -2.36. The number of likely N-dealkylation sites (tertiary alicyclic amines) is 1. The quantitative estimate of drug-likeness (QED) is 0.876. The highest BCUT2D eigenvalue weighted by Gasteiger charge is 2.22. The van der Waals surface area contributed by atoms with Gasteiger partial charge in [-0.2, -0.15) is 0 Å². The van der Waals surface area contributed by atoms with Crippen LogP contribution in [-0.2, 0) is 4.79 Å². The first-order valence-electron chi connectivity index (χ1n) is 7.80. The summed E-state index contributed by atoms with van der Waals surface area (Å²) in [6, 6.07) is 7.40. The number of amides is 1. The predicted molar refractivity (Wildman–Crippen MR) is 92.5 cm³/mol. The third-order valence-electron chi connectivity index (χ3n) is 4.20. The highest BCUT2D eigenvalue weighted by atomic mass is 32.1. The number of hydrogen-bond donors (Lipinski definition) is 1. The van der Waals surface area contributed by atoms with Crippen molar-refractivity contribution in [1.82, 2.24) is 9.88 Å². The van der Waals surface area contributed by atoms with Gasteiger partial charge in [-0.1, -0.05) is 12.1 Å². The Kier molecular flexibility index (Phi) is 4.76. The Morgan fingerprint density at radius 3 is 2.61 bits per heavy atom. The number of phenolic OH excluding ortho intramolecular Hbond substituents is 1. The van der Waals surface area contributed by atoms with Gasteiger partial charge in [0.2, 0.25) is 5.91 Å². The lowest BCUT2D eigenvalue weighted by Gasteiger charge is -2.31. The third-order valence-corrected chi connectivity index (χ3v) is 5.00. The predicted octanol–water partition coefficient (Wildman–Crippen LogP) is 3.58. The van der Waals surface area contributed by atoms with Crippen LogP contribution in [-0.4, -0.2) is 34.0 Å². The van der Waals surface area contributed by atoms with E-state index in [2.05, 4.69) is 4.98 Å². The summed E-state index contributed by atoms with van der Waals surface area (Å²) in [5.41, 5.74) is 2.09. The van der Waals surface area contributed by atoms with E-state index in [-0.39, 0.29) is 5.91 Å². The number of aryl methyl sites for hydroxylation is 1. The maximum Gasteiger partial charge on any atom is 0.246 e. The molecule has 1 aromatic carbocycles. The first-order valence-corrected chi connectivity index (χ1v) is 8.68. The summed E-state index contributed by atoms with van der Waals surface area (Å²) in [5.74, 6) is 0.813. The van der Waals surface area contributed by atoms with E-state index >= 15 is 0 Å². The molecule has 23 heavy (non-hydrogen) atoms. The molecule has 0 atom stereocenters. The van der Waals surface area contributed by atoms with Gasteiger partial charge >= 0.3 is 0 Å². The second-order valence-electron chi connectivity index (χ2n) is 5.82. The van der Waals surface area contributed by atoms with Gasteiger partial charge < -0.3 is 10.0 Å². The molecule has 0 aliphatic carbocycles. The maximum atomic E-state index is 12.2. The molecule has 4 nitrogen and oxygen atoms in total. The van der Waals surface area contributed by atoms with E-state index in [9.17, 15) is 9.90 Å². The molecule has 2 aromatic rings. The van der Waals surface area contributed by atoms with Crippen molar-refractivity contribution >= 4 is 23.3 Å². The van der Waals surface area contributed by atoms with E-state index in [1.165, 1.54) is 5.56 Å². The number of rotatable bonds is 3. The highest BCUT2D eigenvalue weighted by molar-refractivity contribution is 7.09. The molecule has 0 radical (unpaired) electrons. The van der Waals surface area contributed by atoms with Crippen molar-refractivity contribution in [3.63, 3.8) is 0 Å². The SMILES string of the molecule is Cc1nc(/C=C/C(=O)N2CCC(c3ccc(O)cc3)CC2)cs1. The van der Waals surface area contributed by atoms with Gasteiger partial charge in [0.25, 0.3) is 0 Å². The van der Waals surface area contributed by atoms with Crippen LogP contribution in [0.15, 0.2) is 35.7 Å². The van der Waals surface area contributed by atoms with Gasteiger partial charge in [-0.25, -0.2) is 4.98 Å². The monoisotopic (exact) mass is 328 g/mol. The lowest BCUT2D eigenvalue weighted by atomic mass is 9.89. The summed E-state index contributed by atoms with van der Waals surface area (Å²) in [7, 11) is 0. The van der Waals surface area contributed by atoms with Crippen LogP contribution >= 0.6 is 11.3 Å². The van der Waals surface area contributed by atoms with Crippen LogP contribution in [0, 0.1) is 6.92 Å². The van der Waals surface area contributed by atoms with Crippen molar-refractivity contribution in [3.8, 4) is 5.75 Å². The average molecular weight is 328 g/mol. The van der Waals surface area contributed by atoms with Crippen molar-refractivity contribution in [2.75, 3.05) is 13.1 Å². The number of carbonyl (C=O) groups is 1. The number of aromatic nitrogens is 1. The summed E-state index contributed by atoms with van der Waals surface area (Å²) >= 11 is 1.59. The van der Waals surface area contributed by atoms with Gasteiger partial charge in [0.15, 0.2) is 0 Å². The Bertz CT molecular complexity index is 698. The molecule has 1 N–H and O–H groups in total. The number of benzene rings is 1. The first kappa shape index (κ1) is 15.7. The normalized spacial score (nSPS) is 16.1. The van der Waals surface area contributed by atoms with Crippen LogP contribution in [0.2, 0.25) is 0 Å². The Balaban J connectivity index is 1.55. The van der Waals surface area contributed by atoms with Gasteiger partial charge in [-0.3, -0.25) is 4.79 Å². The Morgan fingerprint density at radius 1 is 1.30 bits per heavy atom. The van der Waals surface area contributed by atoms with Crippen molar-refractivity contribution in [1.29, 1.82) is 0 Å². The van der Waals surface area contributed by atoms with Gasteiger partial charge in [0.05, 0.1) is 10.7 Å². The van der Waals surface area contributed by atoms with E-state index in [0.717, 1.165) is 36.6 Å². The average Bonchev–Trinajstić information content (AvgIpc) is 2.99. The van der Waals surface area contributed by atoms with E-state index in [1.807, 2.05) is 29.3 Å². The molecule has 5 heteroatoms. The molecular formula is C18H20N2O2S. The fraction of sp³-hybridized carbons (Fsp3) is 0.333. The summed E-state index contributed by atoms with van der Waals surface area (Å²) < 4.78 is 0. The van der Waals surface area contributed by atoms with E-state index in [1.54, 1.807) is 35.6 Å². The molecule has 1 fully saturated rings. The Hall–Kier alpha value is -2.14. The molecule has 1 aliphatic heterocycles. The second kappa shape index (κ2) is 6.96. The van der Waals surface area contributed by atoms with Gasteiger partial charge in [0, 0.05) is 24.5 Å². The molecule has 3 rings (SSSR count).